The molecule has 3 aliphatic carbocycles. The van der Waals surface area contributed by atoms with Gasteiger partial charge < -0.3 is 0 Å². The van der Waals surface area contributed by atoms with Gasteiger partial charge in [0.15, 0.2) is 0 Å². The van der Waals surface area contributed by atoms with E-state index in [9.17, 15) is 4.79 Å². The summed E-state index contributed by atoms with van der Waals surface area (Å²) in [6.07, 6.45) is 2.04. The number of carbonyl (C=O) groups is 1. The third-order valence-electron chi connectivity index (χ3n) is 5.11. The molecular weight excluding hydrogens is 244 g/mol. The van der Waals surface area contributed by atoms with Gasteiger partial charge in [-0.1, -0.05) is 36.7 Å². The van der Waals surface area contributed by atoms with Crippen molar-refractivity contribution in [1.82, 2.24) is 5.43 Å². The number of alkyl halides is 1. The Morgan fingerprint density at radius 1 is 1.43 bits per heavy atom. The summed E-state index contributed by atoms with van der Waals surface area (Å²) in [5.74, 6) is 5.25. The third kappa shape index (κ3) is 0.703. The molecule has 0 unspecified atom stereocenters. The fourth-order valence-electron chi connectivity index (χ4n) is 3.59. The molecule has 3 saturated carbocycles. The zero-order valence-corrected chi connectivity index (χ0v) is 10.4. The standard InChI is InChI=1S/C10H17BrN2O/c1-8(2)9(3)4-5-10(8,6(9)11)7(14)13-12/h6H,4-5,12H2,1-3H3,(H,13,14)/t6-,9+,10+/m0/s1. The fourth-order valence-corrected chi connectivity index (χ4v) is 5.40. The number of hydrogen-bond donors (Lipinski definition) is 2. The van der Waals surface area contributed by atoms with Gasteiger partial charge in [0.25, 0.3) is 0 Å². The number of halogens is 1. The molecule has 3 N–H and O–H groups in total. The first-order chi connectivity index (χ1) is 6.34. The molecule has 0 saturated heterocycles. The van der Waals surface area contributed by atoms with Gasteiger partial charge in [0.2, 0.25) is 5.91 Å². The van der Waals surface area contributed by atoms with Gasteiger partial charge in [-0.25, -0.2) is 5.84 Å². The Morgan fingerprint density at radius 2 is 2.00 bits per heavy atom. The zero-order chi connectivity index (χ0) is 10.8. The first-order valence-corrected chi connectivity index (χ1v) is 5.91. The smallest absolute Gasteiger partial charge is 0.241 e. The van der Waals surface area contributed by atoms with Crippen molar-refractivity contribution >= 4 is 21.8 Å². The zero-order valence-electron chi connectivity index (χ0n) is 8.86. The van der Waals surface area contributed by atoms with Crippen molar-refractivity contribution < 1.29 is 4.79 Å². The lowest BCUT2D eigenvalue weighted by Crippen LogP contribution is -2.69. The van der Waals surface area contributed by atoms with Crippen LogP contribution in [0.3, 0.4) is 0 Å². The predicted octanol–water partition coefficient (Wildman–Crippen LogP) is 1.57. The monoisotopic (exact) mass is 260 g/mol. The highest BCUT2D eigenvalue weighted by Gasteiger charge is 2.79. The van der Waals surface area contributed by atoms with Crippen LogP contribution in [0.15, 0.2) is 0 Å². The number of fused-ring (bicyclic) bond motifs is 1. The summed E-state index contributed by atoms with van der Waals surface area (Å²) in [5, 5.41) is 0. The van der Waals surface area contributed by atoms with Crippen molar-refractivity contribution in [1.29, 1.82) is 0 Å². The highest BCUT2D eigenvalue weighted by Crippen LogP contribution is 2.79. The minimum absolute atomic E-state index is 0.0145. The summed E-state index contributed by atoms with van der Waals surface area (Å²) < 4.78 is 0. The van der Waals surface area contributed by atoms with Gasteiger partial charge in [0.05, 0.1) is 5.41 Å². The van der Waals surface area contributed by atoms with E-state index in [0.29, 0.717) is 0 Å². The van der Waals surface area contributed by atoms with Crippen LogP contribution in [0.4, 0.5) is 0 Å². The maximum atomic E-state index is 11.9. The minimum atomic E-state index is -0.295. The molecule has 3 aliphatic rings. The second kappa shape index (κ2) is 2.53. The van der Waals surface area contributed by atoms with Gasteiger partial charge >= 0.3 is 0 Å². The molecule has 3 fully saturated rings. The number of carbonyl (C=O) groups excluding carboxylic acids is 1. The van der Waals surface area contributed by atoms with Crippen LogP contribution in [0.2, 0.25) is 0 Å². The average Bonchev–Trinajstić information content (AvgIpc) is 2.54. The van der Waals surface area contributed by atoms with E-state index in [1.54, 1.807) is 0 Å². The first kappa shape index (κ1) is 10.4. The Morgan fingerprint density at radius 3 is 2.29 bits per heavy atom. The minimum Gasteiger partial charge on any atom is -0.294 e. The lowest BCUT2D eigenvalue weighted by molar-refractivity contribution is -0.161. The van der Waals surface area contributed by atoms with Gasteiger partial charge in [0, 0.05) is 4.83 Å². The highest BCUT2D eigenvalue weighted by atomic mass is 79.9. The van der Waals surface area contributed by atoms with E-state index in [2.05, 4.69) is 42.1 Å². The fraction of sp³-hybridized carbons (Fsp3) is 0.900. The molecule has 0 aliphatic heterocycles. The summed E-state index contributed by atoms with van der Waals surface area (Å²) in [5.41, 5.74) is 2.30. The van der Waals surface area contributed by atoms with Gasteiger partial charge in [-0.05, 0) is 23.7 Å². The van der Waals surface area contributed by atoms with Gasteiger partial charge in [-0.15, -0.1) is 0 Å². The normalized spacial score (nSPS) is 48.5. The van der Waals surface area contributed by atoms with Crippen LogP contribution in [-0.2, 0) is 4.79 Å². The van der Waals surface area contributed by atoms with E-state index < -0.39 is 0 Å². The number of nitrogens with two attached hydrogens (primary N) is 1. The van der Waals surface area contributed by atoms with E-state index in [0.717, 1.165) is 12.8 Å². The molecule has 0 spiro atoms. The summed E-state index contributed by atoms with van der Waals surface area (Å²) >= 11 is 3.67. The molecule has 3 rings (SSSR count). The molecule has 4 heteroatoms. The quantitative estimate of drug-likeness (QED) is 0.326. The Bertz CT molecular complexity index is 304. The second-order valence-corrected chi connectivity index (χ2v) is 6.27. The molecule has 0 aromatic rings. The second-order valence-electron chi connectivity index (χ2n) is 5.35. The number of rotatable bonds is 1. The van der Waals surface area contributed by atoms with Crippen LogP contribution in [-0.4, -0.2) is 10.7 Å². The molecule has 3 nitrogen and oxygen atoms in total. The molecule has 0 radical (unpaired) electrons. The highest BCUT2D eigenvalue weighted by molar-refractivity contribution is 9.09. The van der Waals surface area contributed by atoms with Gasteiger partial charge in [-0.3, -0.25) is 10.2 Å². The van der Waals surface area contributed by atoms with Gasteiger partial charge in [-0.2, -0.15) is 0 Å². The van der Waals surface area contributed by atoms with Crippen LogP contribution >= 0.6 is 15.9 Å². The predicted molar refractivity (Wildman–Crippen MR) is 58.6 cm³/mol. The average molecular weight is 261 g/mol. The third-order valence-corrected chi connectivity index (χ3v) is 6.90. The molecule has 0 aromatic carbocycles. The van der Waals surface area contributed by atoms with Crippen LogP contribution in [0.1, 0.15) is 33.6 Å². The van der Waals surface area contributed by atoms with E-state index in [-0.39, 0.29) is 27.0 Å². The van der Waals surface area contributed by atoms with Crippen molar-refractivity contribution in [3.05, 3.63) is 0 Å². The summed E-state index contributed by atoms with van der Waals surface area (Å²) in [7, 11) is 0. The molecule has 0 aromatic heterocycles. The number of hydrogen-bond acceptors (Lipinski definition) is 2. The number of amides is 1. The Labute approximate surface area is 92.9 Å². The number of hydrazine groups is 1. The SMILES string of the molecule is CC1(C)[C@]2(C(=O)NN)CC[C@]1(C)[C@@H]2Br. The van der Waals surface area contributed by atoms with Gasteiger partial charge in [0.1, 0.15) is 0 Å². The summed E-state index contributed by atoms with van der Waals surface area (Å²) in [6, 6.07) is 0. The Kier molecular flexibility index (Phi) is 1.88. The maximum Gasteiger partial charge on any atom is 0.241 e. The van der Waals surface area contributed by atoms with Crippen LogP contribution < -0.4 is 11.3 Å². The Hall–Kier alpha value is -0.0900. The summed E-state index contributed by atoms with van der Waals surface area (Å²) in [4.78, 5) is 12.1. The topological polar surface area (TPSA) is 55.1 Å². The molecular formula is C10H17BrN2O. The van der Waals surface area contributed by atoms with E-state index >= 15 is 0 Å². The van der Waals surface area contributed by atoms with Crippen molar-refractivity contribution in [3.63, 3.8) is 0 Å². The van der Waals surface area contributed by atoms with Crippen LogP contribution in [0.5, 0.6) is 0 Å². The van der Waals surface area contributed by atoms with Crippen molar-refractivity contribution in [2.45, 2.75) is 38.4 Å². The van der Waals surface area contributed by atoms with Crippen molar-refractivity contribution in [2.75, 3.05) is 0 Å². The van der Waals surface area contributed by atoms with Crippen LogP contribution in [0, 0.1) is 16.2 Å². The first-order valence-electron chi connectivity index (χ1n) is 5.00. The van der Waals surface area contributed by atoms with Crippen LogP contribution in [0.25, 0.3) is 0 Å². The summed E-state index contributed by atoms with van der Waals surface area (Å²) in [6.45, 7) is 6.60. The molecule has 1 amide bonds. The lowest BCUT2D eigenvalue weighted by atomic mass is 9.43. The molecule has 14 heavy (non-hydrogen) atoms. The maximum absolute atomic E-state index is 11.9. The number of nitrogens with one attached hydrogen (secondary N) is 1. The van der Waals surface area contributed by atoms with E-state index in [1.165, 1.54) is 0 Å². The molecule has 3 atom stereocenters. The van der Waals surface area contributed by atoms with E-state index in [4.69, 9.17) is 5.84 Å². The molecule has 0 heterocycles. The molecule has 2 bridgehead atoms. The van der Waals surface area contributed by atoms with E-state index in [1.807, 2.05) is 0 Å². The molecule has 80 valence electrons. The van der Waals surface area contributed by atoms with Crippen molar-refractivity contribution in [2.24, 2.45) is 22.1 Å². The van der Waals surface area contributed by atoms with Crippen molar-refractivity contribution in [3.8, 4) is 0 Å². The lowest BCUT2D eigenvalue weighted by Gasteiger charge is -2.63. The Balaban J connectivity index is 2.44. The largest absolute Gasteiger partial charge is 0.294 e.